The standard InChI is InChI=1S/C20H25N5O3/c1-28-18-5-2-15(3-6-18)8-10-25-11-9-17(14-25)23-19-13-21-16(12-22-19)4-7-20(26)24-27/h2-7,12-13,17,27H,8-11,14H2,1H3,(H,22,23)(H,24,26)/t17-/m1/s1. The Kier molecular flexibility index (Phi) is 6.94. The lowest BCUT2D eigenvalue weighted by molar-refractivity contribution is -0.124. The third-order valence-corrected chi connectivity index (χ3v) is 4.69. The second-order valence-corrected chi connectivity index (χ2v) is 6.66. The van der Waals surface area contributed by atoms with E-state index in [1.54, 1.807) is 19.5 Å². The predicted octanol–water partition coefficient (Wildman–Crippen LogP) is 1.73. The van der Waals surface area contributed by atoms with Crippen LogP contribution in [0.5, 0.6) is 5.75 Å². The molecule has 1 fully saturated rings. The lowest BCUT2D eigenvalue weighted by Gasteiger charge is -2.17. The molecule has 2 heterocycles. The van der Waals surface area contributed by atoms with Gasteiger partial charge in [-0.2, -0.15) is 0 Å². The number of amides is 1. The van der Waals surface area contributed by atoms with Gasteiger partial charge in [0.15, 0.2) is 0 Å². The molecule has 0 saturated carbocycles. The summed E-state index contributed by atoms with van der Waals surface area (Å²) < 4.78 is 5.19. The summed E-state index contributed by atoms with van der Waals surface area (Å²) in [6, 6.07) is 8.56. The third kappa shape index (κ3) is 5.77. The molecule has 0 aliphatic carbocycles. The second-order valence-electron chi connectivity index (χ2n) is 6.66. The van der Waals surface area contributed by atoms with E-state index in [-0.39, 0.29) is 0 Å². The number of hydrogen-bond acceptors (Lipinski definition) is 7. The van der Waals surface area contributed by atoms with Crippen LogP contribution < -0.4 is 15.5 Å². The van der Waals surface area contributed by atoms with E-state index in [1.807, 2.05) is 12.1 Å². The Bertz CT molecular complexity index is 792. The molecule has 1 aromatic carbocycles. The zero-order valence-corrected chi connectivity index (χ0v) is 15.8. The molecule has 148 valence electrons. The Morgan fingerprint density at radius 1 is 1.32 bits per heavy atom. The zero-order valence-electron chi connectivity index (χ0n) is 15.8. The molecule has 1 aromatic heterocycles. The normalized spacial score (nSPS) is 17.0. The Hall–Kier alpha value is -2.97. The van der Waals surface area contributed by atoms with Gasteiger partial charge in [-0.05, 0) is 36.6 Å². The Labute approximate surface area is 164 Å². The Balaban J connectivity index is 1.43. The summed E-state index contributed by atoms with van der Waals surface area (Å²) in [5.74, 6) is 0.990. The van der Waals surface area contributed by atoms with Gasteiger partial charge in [0.05, 0.1) is 25.2 Å². The van der Waals surface area contributed by atoms with Crippen molar-refractivity contribution in [3.05, 3.63) is 54.0 Å². The molecule has 0 spiro atoms. The van der Waals surface area contributed by atoms with Crippen molar-refractivity contribution in [3.8, 4) is 5.75 Å². The van der Waals surface area contributed by atoms with Gasteiger partial charge in [-0.1, -0.05) is 12.1 Å². The number of methoxy groups -OCH3 is 1. The van der Waals surface area contributed by atoms with E-state index in [4.69, 9.17) is 9.94 Å². The fraction of sp³-hybridized carbons (Fsp3) is 0.350. The van der Waals surface area contributed by atoms with Crippen molar-refractivity contribution in [2.75, 3.05) is 32.1 Å². The van der Waals surface area contributed by atoms with Gasteiger partial charge in [0.2, 0.25) is 0 Å². The van der Waals surface area contributed by atoms with Crippen molar-refractivity contribution < 1.29 is 14.7 Å². The quantitative estimate of drug-likeness (QED) is 0.363. The molecule has 3 N–H and O–H groups in total. The molecule has 3 rings (SSSR count). The number of rotatable bonds is 8. The van der Waals surface area contributed by atoms with Crippen LogP contribution in [0.15, 0.2) is 42.7 Å². The van der Waals surface area contributed by atoms with E-state index in [9.17, 15) is 4.79 Å². The van der Waals surface area contributed by atoms with Crippen LogP contribution in [0.4, 0.5) is 5.82 Å². The maximum Gasteiger partial charge on any atom is 0.267 e. The number of likely N-dealkylation sites (tertiary alicyclic amines) is 1. The molecule has 1 aliphatic rings. The second kappa shape index (κ2) is 9.82. The van der Waals surface area contributed by atoms with Crippen molar-refractivity contribution in [1.29, 1.82) is 0 Å². The molecule has 1 aliphatic heterocycles. The number of nitrogens with zero attached hydrogens (tertiary/aromatic N) is 3. The molecular weight excluding hydrogens is 358 g/mol. The Morgan fingerprint density at radius 3 is 2.82 bits per heavy atom. The van der Waals surface area contributed by atoms with Crippen molar-refractivity contribution in [1.82, 2.24) is 20.3 Å². The first-order valence-corrected chi connectivity index (χ1v) is 9.22. The van der Waals surface area contributed by atoms with Gasteiger partial charge in [-0.15, -0.1) is 0 Å². The SMILES string of the molecule is COc1ccc(CCN2CC[C@@H](Nc3cnc(C=CC(=O)NO)cn3)C2)cc1. The van der Waals surface area contributed by atoms with E-state index in [1.165, 1.54) is 23.2 Å². The van der Waals surface area contributed by atoms with Gasteiger partial charge in [0, 0.05) is 31.8 Å². The molecule has 1 saturated heterocycles. The number of hydrogen-bond donors (Lipinski definition) is 3. The van der Waals surface area contributed by atoms with Crippen LogP contribution in [0.1, 0.15) is 17.7 Å². The topological polar surface area (TPSA) is 99.6 Å². The van der Waals surface area contributed by atoms with Crippen molar-refractivity contribution in [3.63, 3.8) is 0 Å². The fourth-order valence-electron chi connectivity index (χ4n) is 3.14. The molecule has 8 heteroatoms. The monoisotopic (exact) mass is 383 g/mol. The molecule has 0 radical (unpaired) electrons. The van der Waals surface area contributed by atoms with Crippen LogP contribution >= 0.6 is 0 Å². The van der Waals surface area contributed by atoms with Gasteiger partial charge in [-0.25, -0.2) is 10.5 Å². The number of nitrogens with one attached hydrogen (secondary N) is 2. The molecule has 0 bridgehead atoms. The van der Waals surface area contributed by atoms with Crippen LogP contribution in [-0.4, -0.2) is 58.8 Å². The number of ether oxygens (including phenoxy) is 1. The van der Waals surface area contributed by atoms with Crippen molar-refractivity contribution in [2.24, 2.45) is 0 Å². The first kappa shape index (κ1) is 19.8. The van der Waals surface area contributed by atoms with Crippen LogP contribution in [-0.2, 0) is 11.2 Å². The van der Waals surface area contributed by atoms with E-state index < -0.39 is 5.91 Å². The van der Waals surface area contributed by atoms with Crippen LogP contribution in [0.3, 0.4) is 0 Å². The summed E-state index contributed by atoms with van der Waals surface area (Å²) in [5.41, 5.74) is 3.38. The third-order valence-electron chi connectivity index (χ3n) is 4.69. The number of carbonyl (C=O) groups is 1. The van der Waals surface area contributed by atoms with Crippen LogP contribution in [0.2, 0.25) is 0 Å². The summed E-state index contributed by atoms with van der Waals surface area (Å²) in [7, 11) is 1.68. The van der Waals surface area contributed by atoms with Gasteiger partial charge >= 0.3 is 0 Å². The summed E-state index contributed by atoms with van der Waals surface area (Å²) in [4.78, 5) is 22.0. The Morgan fingerprint density at radius 2 is 2.14 bits per heavy atom. The molecule has 28 heavy (non-hydrogen) atoms. The van der Waals surface area contributed by atoms with Crippen molar-refractivity contribution >= 4 is 17.8 Å². The first-order chi connectivity index (χ1) is 13.7. The fourth-order valence-corrected chi connectivity index (χ4v) is 3.14. The minimum absolute atomic E-state index is 0.340. The minimum Gasteiger partial charge on any atom is -0.497 e. The maximum absolute atomic E-state index is 11.0. The summed E-state index contributed by atoms with van der Waals surface area (Å²) in [6.45, 7) is 3.04. The molecule has 1 atom stereocenters. The van der Waals surface area contributed by atoms with Gasteiger partial charge in [-0.3, -0.25) is 15.0 Å². The molecule has 8 nitrogen and oxygen atoms in total. The first-order valence-electron chi connectivity index (χ1n) is 9.22. The smallest absolute Gasteiger partial charge is 0.267 e. The van der Waals surface area contributed by atoms with Crippen LogP contribution in [0.25, 0.3) is 6.08 Å². The lowest BCUT2D eigenvalue weighted by atomic mass is 10.1. The average Bonchev–Trinajstić information content (AvgIpc) is 3.19. The number of anilines is 1. The van der Waals surface area contributed by atoms with Gasteiger partial charge in [0.1, 0.15) is 11.6 Å². The maximum atomic E-state index is 11.0. The highest BCUT2D eigenvalue weighted by Crippen LogP contribution is 2.16. The summed E-state index contributed by atoms with van der Waals surface area (Å²) in [5, 5.41) is 11.9. The molecule has 0 unspecified atom stereocenters. The van der Waals surface area contributed by atoms with E-state index in [0.29, 0.717) is 17.6 Å². The summed E-state index contributed by atoms with van der Waals surface area (Å²) >= 11 is 0. The number of carbonyl (C=O) groups excluding carboxylic acids is 1. The van der Waals surface area contributed by atoms with Gasteiger partial charge in [0.25, 0.3) is 5.91 Å². The molecule has 1 amide bonds. The highest BCUT2D eigenvalue weighted by Gasteiger charge is 2.22. The number of benzene rings is 1. The molecular formula is C20H25N5O3. The van der Waals surface area contributed by atoms with Gasteiger partial charge < -0.3 is 15.0 Å². The average molecular weight is 383 g/mol. The van der Waals surface area contributed by atoms with E-state index in [0.717, 1.165) is 38.2 Å². The van der Waals surface area contributed by atoms with E-state index in [2.05, 4.69) is 32.3 Å². The van der Waals surface area contributed by atoms with E-state index >= 15 is 0 Å². The summed E-state index contributed by atoms with van der Waals surface area (Å²) in [6.07, 6.45) is 7.98. The number of aromatic nitrogens is 2. The van der Waals surface area contributed by atoms with Crippen LogP contribution in [0, 0.1) is 0 Å². The largest absolute Gasteiger partial charge is 0.497 e. The van der Waals surface area contributed by atoms with Crippen molar-refractivity contribution in [2.45, 2.75) is 18.9 Å². The minimum atomic E-state index is -0.607. The zero-order chi connectivity index (χ0) is 19.8. The predicted molar refractivity (Wildman–Crippen MR) is 106 cm³/mol. The lowest BCUT2D eigenvalue weighted by Crippen LogP contribution is -2.28. The number of hydroxylamine groups is 1. The molecule has 2 aromatic rings. The highest BCUT2D eigenvalue weighted by atomic mass is 16.5. The highest BCUT2D eigenvalue weighted by molar-refractivity contribution is 5.90.